The quantitative estimate of drug-likeness (QED) is 0.850. The van der Waals surface area contributed by atoms with Crippen molar-refractivity contribution in [2.75, 3.05) is 6.54 Å². The lowest BCUT2D eigenvalue weighted by Gasteiger charge is -2.46. The van der Waals surface area contributed by atoms with Gasteiger partial charge in [-0.3, -0.25) is 9.59 Å². The number of hydrogen-bond acceptors (Lipinski definition) is 2. The number of benzene rings is 1. The van der Waals surface area contributed by atoms with Crippen LogP contribution in [0.3, 0.4) is 0 Å². The van der Waals surface area contributed by atoms with E-state index >= 15 is 0 Å². The Hall–Kier alpha value is -2.10. The van der Waals surface area contributed by atoms with E-state index in [4.69, 9.17) is 0 Å². The highest BCUT2D eigenvalue weighted by molar-refractivity contribution is 6.00. The van der Waals surface area contributed by atoms with Crippen LogP contribution in [0, 0.1) is 0 Å². The summed E-state index contributed by atoms with van der Waals surface area (Å²) in [6, 6.07) is 8.93. The first-order chi connectivity index (χ1) is 9.55. The van der Waals surface area contributed by atoms with Crippen molar-refractivity contribution in [3.8, 4) is 0 Å². The number of nitrogens with zero attached hydrogens (tertiary/aromatic N) is 1. The molecule has 2 atom stereocenters. The minimum Gasteiger partial charge on any atom is -0.342 e. The number of carbonyl (C=O) groups is 2. The first kappa shape index (κ1) is 14.3. The van der Waals surface area contributed by atoms with Crippen LogP contribution in [0.1, 0.15) is 25.8 Å². The number of hydrogen-bond donors (Lipinski definition) is 1. The molecular formula is C16H20N2O2. The molecule has 1 heterocycles. The zero-order valence-electron chi connectivity index (χ0n) is 11.9. The van der Waals surface area contributed by atoms with E-state index in [1.165, 1.54) is 0 Å². The second-order valence-corrected chi connectivity index (χ2v) is 5.11. The summed E-state index contributed by atoms with van der Waals surface area (Å²) in [5.74, 6) is -0.199. The first-order valence-corrected chi connectivity index (χ1v) is 6.84. The average molecular weight is 272 g/mol. The molecule has 0 saturated carbocycles. The van der Waals surface area contributed by atoms with E-state index in [2.05, 4.69) is 11.9 Å². The molecule has 4 nitrogen and oxygen atoms in total. The van der Waals surface area contributed by atoms with Gasteiger partial charge in [0.1, 0.15) is 11.6 Å². The molecular weight excluding hydrogens is 252 g/mol. The van der Waals surface area contributed by atoms with Gasteiger partial charge in [0.2, 0.25) is 5.91 Å². The normalized spacial score (nSPS) is 26.3. The molecule has 2 unspecified atom stereocenters. The number of amides is 2. The molecule has 0 aromatic heterocycles. The topological polar surface area (TPSA) is 49.4 Å². The Bertz CT molecular complexity index is 527. The van der Waals surface area contributed by atoms with Crippen LogP contribution in [0.4, 0.5) is 0 Å². The second-order valence-electron chi connectivity index (χ2n) is 5.11. The third-order valence-electron chi connectivity index (χ3n) is 3.91. The van der Waals surface area contributed by atoms with Gasteiger partial charge in [-0.2, -0.15) is 0 Å². The summed E-state index contributed by atoms with van der Waals surface area (Å²) in [5.41, 5.74) is -0.180. The summed E-state index contributed by atoms with van der Waals surface area (Å²) in [5, 5.41) is 2.83. The minimum absolute atomic E-state index is 0.0571. The van der Waals surface area contributed by atoms with Gasteiger partial charge in [-0.05, 0) is 18.9 Å². The summed E-state index contributed by atoms with van der Waals surface area (Å²) in [6.07, 6.45) is 2.24. The van der Waals surface area contributed by atoms with Crippen molar-refractivity contribution in [1.82, 2.24) is 10.2 Å². The SMILES string of the molecule is C=CCN1C(=O)C(CC)NC(=O)C1(C)c1ccccc1. The largest absolute Gasteiger partial charge is 0.342 e. The lowest BCUT2D eigenvalue weighted by molar-refractivity contribution is -0.156. The van der Waals surface area contributed by atoms with Crippen molar-refractivity contribution in [2.45, 2.75) is 31.8 Å². The standard InChI is InChI=1S/C16H20N2O2/c1-4-11-18-14(19)13(5-2)17-15(20)16(18,3)12-9-7-6-8-10-12/h4,6-10,13H,1,5,11H2,2-3H3,(H,17,20). The molecule has 0 bridgehead atoms. The van der Waals surface area contributed by atoms with Crippen LogP contribution < -0.4 is 5.32 Å². The van der Waals surface area contributed by atoms with Crippen LogP contribution in [-0.2, 0) is 15.1 Å². The monoisotopic (exact) mass is 272 g/mol. The molecule has 106 valence electrons. The van der Waals surface area contributed by atoms with E-state index in [1.807, 2.05) is 37.3 Å². The third kappa shape index (κ3) is 2.11. The Kier molecular flexibility index (Phi) is 3.93. The Labute approximate surface area is 119 Å². The van der Waals surface area contributed by atoms with Gasteiger partial charge < -0.3 is 10.2 Å². The van der Waals surface area contributed by atoms with Gasteiger partial charge in [-0.1, -0.05) is 43.3 Å². The van der Waals surface area contributed by atoms with E-state index in [9.17, 15) is 9.59 Å². The zero-order chi connectivity index (χ0) is 14.8. The van der Waals surface area contributed by atoms with Crippen LogP contribution in [0.15, 0.2) is 43.0 Å². The second kappa shape index (κ2) is 5.49. The van der Waals surface area contributed by atoms with Crippen molar-refractivity contribution in [3.63, 3.8) is 0 Å². The van der Waals surface area contributed by atoms with Gasteiger partial charge in [-0.25, -0.2) is 0 Å². The van der Waals surface area contributed by atoms with E-state index < -0.39 is 11.6 Å². The maximum absolute atomic E-state index is 12.6. The Balaban J connectivity index is 2.50. The molecule has 1 saturated heterocycles. The summed E-state index contributed by atoms with van der Waals surface area (Å²) in [6.45, 7) is 7.73. The summed E-state index contributed by atoms with van der Waals surface area (Å²) in [7, 11) is 0. The molecule has 1 N–H and O–H groups in total. The van der Waals surface area contributed by atoms with Gasteiger partial charge in [-0.15, -0.1) is 6.58 Å². The molecule has 20 heavy (non-hydrogen) atoms. The van der Waals surface area contributed by atoms with Crippen molar-refractivity contribution in [3.05, 3.63) is 48.6 Å². The molecule has 0 spiro atoms. The fourth-order valence-corrected chi connectivity index (χ4v) is 2.62. The zero-order valence-corrected chi connectivity index (χ0v) is 11.9. The van der Waals surface area contributed by atoms with Crippen LogP contribution in [0.5, 0.6) is 0 Å². The minimum atomic E-state index is -0.988. The fraction of sp³-hybridized carbons (Fsp3) is 0.375. The van der Waals surface area contributed by atoms with Crippen molar-refractivity contribution in [1.29, 1.82) is 0 Å². The van der Waals surface area contributed by atoms with E-state index in [0.29, 0.717) is 13.0 Å². The lowest BCUT2D eigenvalue weighted by Crippen LogP contribution is -2.67. The number of nitrogens with one attached hydrogen (secondary N) is 1. The molecule has 4 heteroatoms. The number of rotatable bonds is 4. The van der Waals surface area contributed by atoms with E-state index in [0.717, 1.165) is 5.56 Å². The highest BCUT2D eigenvalue weighted by atomic mass is 16.2. The first-order valence-electron chi connectivity index (χ1n) is 6.84. The van der Waals surface area contributed by atoms with Crippen molar-refractivity contribution in [2.24, 2.45) is 0 Å². The molecule has 1 fully saturated rings. The molecule has 1 aliphatic rings. The summed E-state index contributed by atoms with van der Waals surface area (Å²) >= 11 is 0. The molecule has 1 aromatic rings. The fourth-order valence-electron chi connectivity index (χ4n) is 2.62. The van der Waals surface area contributed by atoms with Crippen LogP contribution in [0.25, 0.3) is 0 Å². The molecule has 2 rings (SSSR count). The van der Waals surface area contributed by atoms with Crippen LogP contribution >= 0.6 is 0 Å². The maximum Gasteiger partial charge on any atom is 0.251 e. The van der Waals surface area contributed by atoms with Crippen molar-refractivity contribution >= 4 is 11.8 Å². The third-order valence-corrected chi connectivity index (χ3v) is 3.91. The van der Waals surface area contributed by atoms with Gasteiger partial charge in [0, 0.05) is 6.54 Å². The highest BCUT2D eigenvalue weighted by Crippen LogP contribution is 2.32. The molecule has 2 amide bonds. The Morgan fingerprint density at radius 1 is 1.35 bits per heavy atom. The van der Waals surface area contributed by atoms with Gasteiger partial charge >= 0.3 is 0 Å². The van der Waals surface area contributed by atoms with Gasteiger partial charge in [0.05, 0.1) is 0 Å². The summed E-state index contributed by atoms with van der Waals surface area (Å²) < 4.78 is 0. The molecule has 1 aliphatic heterocycles. The number of piperazine rings is 1. The van der Waals surface area contributed by atoms with Gasteiger partial charge in [0.25, 0.3) is 5.91 Å². The molecule has 0 radical (unpaired) electrons. The van der Waals surface area contributed by atoms with Crippen LogP contribution in [-0.4, -0.2) is 29.3 Å². The maximum atomic E-state index is 12.6. The smallest absolute Gasteiger partial charge is 0.251 e. The Morgan fingerprint density at radius 2 is 2.00 bits per heavy atom. The average Bonchev–Trinajstić information content (AvgIpc) is 2.48. The predicted octanol–water partition coefficient (Wildman–Crippen LogP) is 1.82. The van der Waals surface area contributed by atoms with Crippen molar-refractivity contribution < 1.29 is 9.59 Å². The lowest BCUT2D eigenvalue weighted by atomic mass is 9.85. The number of carbonyl (C=O) groups excluding carboxylic acids is 2. The van der Waals surface area contributed by atoms with E-state index in [-0.39, 0.29) is 11.8 Å². The predicted molar refractivity (Wildman–Crippen MR) is 77.9 cm³/mol. The highest BCUT2D eigenvalue weighted by Gasteiger charge is 2.49. The summed E-state index contributed by atoms with van der Waals surface area (Å²) in [4.78, 5) is 26.7. The molecule has 0 aliphatic carbocycles. The van der Waals surface area contributed by atoms with Gasteiger partial charge in [0.15, 0.2) is 0 Å². The van der Waals surface area contributed by atoms with E-state index in [1.54, 1.807) is 17.9 Å². The van der Waals surface area contributed by atoms with Crippen LogP contribution in [0.2, 0.25) is 0 Å². The Morgan fingerprint density at radius 3 is 2.55 bits per heavy atom. The molecule has 1 aromatic carbocycles.